The first-order chi connectivity index (χ1) is 15.4. The quantitative estimate of drug-likeness (QED) is 0.343. The van der Waals surface area contributed by atoms with Crippen molar-refractivity contribution in [2.24, 2.45) is 0 Å². The summed E-state index contributed by atoms with van der Waals surface area (Å²) in [5.74, 6) is 1.81. The topological polar surface area (TPSA) is 78.3 Å². The van der Waals surface area contributed by atoms with E-state index in [4.69, 9.17) is 9.47 Å². The Bertz CT molecular complexity index is 1080. The Morgan fingerprint density at radius 1 is 1.16 bits per heavy atom. The molecule has 0 saturated heterocycles. The fraction of sp³-hybridized carbons (Fsp3) is 0.292. The van der Waals surface area contributed by atoms with Crippen molar-refractivity contribution in [3.63, 3.8) is 0 Å². The SMILES string of the molecule is C=CCn1c(SC(C)C(=O)Nc2ccccc2C)nnc1C(C)Oc1ccccc1OC. The van der Waals surface area contributed by atoms with E-state index in [1.165, 1.54) is 11.8 Å². The van der Waals surface area contributed by atoms with Crippen molar-refractivity contribution in [1.82, 2.24) is 14.8 Å². The predicted octanol–water partition coefficient (Wildman–Crippen LogP) is 5.04. The maximum atomic E-state index is 12.7. The van der Waals surface area contributed by atoms with Gasteiger partial charge in [-0.05, 0) is 44.5 Å². The molecule has 0 fully saturated rings. The number of aromatic nitrogens is 3. The molecule has 32 heavy (non-hydrogen) atoms. The Hall–Kier alpha value is -3.26. The lowest BCUT2D eigenvalue weighted by atomic mass is 10.2. The average Bonchev–Trinajstić information content (AvgIpc) is 3.18. The number of allylic oxidation sites excluding steroid dienone is 1. The van der Waals surface area contributed by atoms with E-state index in [1.54, 1.807) is 13.2 Å². The van der Waals surface area contributed by atoms with E-state index in [-0.39, 0.29) is 17.3 Å². The van der Waals surface area contributed by atoms with Crippen LogP contribution in [-0.2, 0) is 11.3 Å². The Kier molecular flexibility index (Phi) is 7.94. The highest BCUT2D eigenvalue weighted by Crippen LogP contribution is 2.32. The number of nitrogens with one attached hydrogen (secondary N) is 1. The summed E-state index contributed by atoms with van der Waals surface area (Å²) in [4.78, 5) is 12.7. The number of ether oxygens (including phenoxy) is 2. The Labute approximate surface area is 192 Å². The number of thioether (sulfide) groups is 1. The Morgan fingerprint density at radius 3 is 2.53 bits per heavy atom. The summed E-state index contributed by atoms with van der Waals surface area (Å²) in [6.07, 6.45) is 1.38. The number of para-hydroxylation sites is 3. The van der Waals surface area contributed by atoms with Gasteiger partial charge in [-0.3, -0.25) is 9.36 Å². The zero-order valence-electron chi connectivity index (χ0n) is 18.7. The van der Waals surface area contributed by atoms with Gasteiger partial charge in [-0.15, -0.1) is 16.8 Å². The third-order valence-electron chi connectivity index (χ3n) is 4.85. The number of nitrogens with zero attached hydrogens (tertiary/aromatic N) is 3. The van der Waals surface area contributed by atoms with Crippen LogP contribution in [0.25, 0.3) is 0 Å². The molecule has 0 spiro atoms. The van der Waals surface area contributed by atoms with Gasteiger partial charge in [0, 0.05) is 12.2 Å². The minimum atomic E-state index is -0.385. The van der Waals surface area contributed by atoms with Crippen LogP contribution < -0.4 is 14.8 Å². The molecule has 0 aliphatic rings. The van der Waals surface area contributed by atoms with Gasteiger partial charge in [0.15, 0.2) is 28.6 Å². The van der Waals surface area contributed by atoms with Gasteiger partial charge in [0.25, 0.3) is 0 Å². The van der Waals surface area contributed by atoms with Gasteiger partial charge >= 0.3 is 0 Å². The summed E-state index contributed by atoms with van der Waals surface area (Å²) < 4.78 is 13.4. The number of hydrogen-bond acceptors (Lipinski definition) is 6. The molecule has 1 N–H and O–H groups in total. The van der Waals surface area contributed by atoms with E-state index >= 15 is 0 Å². The summed E-state index contributed by atoms with van der Waals surface area (Å²) in [5.41, 5.74) is 1.81. The molecule has 1 amide bonds. The molecular formula is C24H28N4O3S. The van der Waals surface area contributed by atoms with Crippen LogP contribution in [-0.4, -0.2) is 33.0 Å². The normalized spacial score (nSPS) is 12.6. The van der Waals surface area contributed by atoms with Crippen molar-refractivity contribution in [2.45, 2.75) is 43.8 Å². The Morgan fingerprint density at radius 2 is 1.84 bits per heavy atom. The maximum Gasteiger partial charge on any atom is 0.237 e. The van der Waals surface area contributed by atoms with Gasteiger partial charge in [0.1, 0.15) is 0 Å². The number of benzene rings is 2. The number of aryl methyl sites for hydroxylation is 1. The molecule has 1 heterocycles. The summed E-state index contributed by atoms with van der Waals surface area (Å²) in [5, 5.41) is 11.9. The van der Waals surface area contributed by atoms with Crippen molar-refractivity contribution < 1.29 is 14.3 Å². The van der Waals surface area contributed by atoms with E-state index in [0.717, 1.165) is 11.3 Å². The monoisotopic (exact) mass is 452 g/mol. The average molecular weight is 453 g/mol. The molecule has 0 radical (unpaired) electrons. The zero-order chi connectivity index (χ0) is 23.1. The molecule has 3 aromatic rings. The molecule has 2 aromatic carbocycles. The second kappa shape index (κ2) is 10.9. The predicted molar refractivity (Wildman–Crippen MR) is 127 cm³/mol. The number of carbonyl (C=O) groups excluding carboxylic acids is 1. The summed E-state index contributed by atoms with van der Waals surface area (Å²) in [6, 6.07) is 15.1. The molecule has 8 heteroatoms. The first-order valence-electron chi connectivity index (χ1n) is 10.3. The van der Waals surface area contributed by atoms with Gasteiger partial charge < -0.3 is 14.8 Å². The lowest BCUT2D eigenvalue weighted by molar-refractivity contribution is -0.115. The highest BCUT2D eigenvalue weighted by molar-refractivity contribution is 8.00. The van der Waals surface area contributed by atoms with Crippen molar-refractivity contribution in [3.8, 4) is 11.5 Å². The molecule has 2 unspecified atom stereocenters. The second-order valence-electron chi connectivity index (χ2n) is 7.22. The van der Waals surface area contributed by atoms with Crippen LogP contribution in [0.15, 0.2) is 66.3 Å². The standard InChI is InChI=1S/C24H28N4O3S/c1-6-15-28-22(17(3)31-21-14-10-9-13-20(21)30-5)26-27-24(28)32-18(4)23(29)25-19-12-8-7-11-16(19)2/h6-14,17-18H,1,15H2,2-5H3,(H,25,29). The molecule has 3 rings (SSSR count). The van der Waals surface area contributed by atoms with Gasteiger partial charge in [-0.2, -0.15) is 0 Å². The first kappa shape index (κ1) is 23.4. The van der Waals surface area contributed by atoms with Gasteiger partial charge in [-0.1, -0.05) is 48.2 Å². The number of hydrogen-bond donors (Lipinski definition) is 1. The van der Waals surface area contributed by atoms with Gasteiger partial charge in [-0.25, -0.2) is 0 Å². The molecule has 0 bridgehead atoms. The third kappa shape index (κ3) is 5.50. The number of amides is 1. The summed E-state index contributed by atoms with van der Waals surface area (Å²) >= 11 is 1.34. The van der Waals surface area contributed by atoms with E-state index in [2.05, 4.69) is 22.1 Å². The van der Waals surface area contributed by atoms with Crippen LogP contribution in [0.1, 0.15) is 31.3 Å². The van der Waals surface area contributed by atoms with E-state index in [9.17, 15) is 4.79 Å². The van der Waals surface area contributed by atoms with Crippen LogP contribution >= 0.6 is 11.8 Å². The van der Waals surface area contributed by atoms with Crippen molar-refractivity contribution in [2.75, 3.05) is 12.4 Å². The molecular weight excluding hydrogens is 424 g/mol. The van der Waals surface area contributed by atoms with Crippen molar-refractivity contribution in [3.05, 3.63) is 72.6 Å². The van der Waals surface area contributed by atoms with E-state index < -0.39 is 0 Å². The zero-order valence-corrected chi connectivity index (χ0v) is 19.6. The molecule has 1 aromatic heterocycles. The minimum Gasteiger partial charge on any atom is -0.493 e. The molecule has 0 aliphatic carbocycles. The summed E-state index contributed by atoms with van der Waals surface area (Å²) in [6.45, 7) is 10.0. The highest BCUT2D eigenvalue weighted by atomic mass is 32.2. The van der Waals surface area contributed by atoms with Crippen molar-refractivity contribution in [1.29, 1.82) is 0 Å². The number of rotatable bonds is 10. The second-order valence-corrected chi connectivity index (χ2v) is 8.52. The smallest absolute Gasteiger partial charge is 0.237 e. The van der Waals surface area contributed by atoms with E-state index in [0.29, 0.717) is 29.0 Å². The lowest BCUT2D eigenvalue weighted by Gasteiger charge is -2.18. The third-order valence-corrected chi connectivity index (χ3v) is 5.93. The fourth-order valence-electron chi connectivity index (χ4n) is 3.11. The van der Waals surface area contributed by atoms with E-state index in [1.807, 2.05) is 73.9 Å². The molecule has 7 nitrogen and oxygen atoms in total. The van der Waals surface area contributed by atoms with Gasteiger partial charge in [0.05, 0.1) is 12.4 Å². The first-order valence-corrected chi connectivity index (χ1v) is 11.2. The van der Waals surface area contributed by atoms with Crippen LogP contribution in [0.3, 0.4) is 0 Å². The molecule has 0 saturated carbocycles. The lowest BCUT2D eigenvalue weighted by Crippen LogP contribution is -2.23. The van der Waals surface area contributed by atoms with Crippen LogP contribution in [0.4, 0.5) is 5.69 Å². The van der Waals surface area contributed by atoms with Crippen LogP contribution in [0.5, 0.6) is 11.5 Å². The number of carbonyl (C=O) groups is 1. The van der Waals surface area contributed by atoms with Crippen LogP contribution in [0.2, 0.25) is 0 Å². The summed E-state index contributed by atoms with van der Waals surface area (Å²) in [7, 11) is 1.60. The van der Waals surface area contributed by atoms with Crippen LogP contribution in [0, 0.1) is 6.92 Å². The number of methoxy groups -OCH3 is 1. The molecule has 168 valence electrons. The number of anilines is 1. The van der Waals surface area contributed by atoms with Crippen molar-refractivity contribution >= 4 is 23.4 Å². The molecule has 0 aliphatic heterocycles. The molecule has 2 atom stereocenters. The van der Waals surface area contributed by atoms with Gasteiger partial charge in [0.2, 0.25) is 5.91 Å². The highest BCUT2D eigenvalue weighted by Gasteiger charge is 2.24. The maximum absolute atomic E-state index is 12.7. The largest absolute Gasteiger partial charge is 0.493 e. The minimum absolute atomic E-state index is 0.0997. The fourth-order valence-corrected chi connectivity index (χ4v) is 3.97. The Balaban J connectivity index is 1.75.